The van der Waals surface area contributed by atoms with Gasteiger partial charge in [-0.15, -0.1) is 0 Å². The maximum Gasteiger partial charge on any atom is 0.341 e. The number of hydrogen-bond donors (Lipinski definition) is 0. The summed E-state index contributed by atoms with van der Waals surface area (Å²) in [4.78, 5) is 12.0. The summed E-state index contributed by atoms with van der Waals surface area (Å²) in [6.07, 6.45) is 0. The third kappa shape index (κ3) is 3.41. The number of ether oxygens (including phenoxy) is 3. The molecule has 0 bridgehead atoms. The number of halogens is 1. The van der Waals surface area contributed by atoms with Crippen LogP contribution in [-0.2, 0) is 11.3 Å². The molecule has 2 aromatic carbocycles. The fourth-order valence-electron chi connectivity index (χ4n) is 2.62. The first-order chi connectivity index (χ1) is 12.1. The molecule has 0 radical (unpaired) electrons. The molecule has 0 fully saturated rings. The SMILES string of the molecule is COC(=O)c1cc2c(I)nn(Cc3ccc(OC)cc3)c2cc1OC. The lowest BCUT2D eigenvalue weighted by Gasteiger charge is -2.09. The molecule has 7 heteroatoms. The predicted molar refractivity (Wildman–Crippen MR) is 102 cm³/mol. The van der Waals surface area contributed by atoms with Crippen LogP contribution in [0.25, 0.3) is 10.9 Å². The minimum atomic E-state index is -0.433. The molecule has 0 saturated heterocycles. The molecule has 1 aromatic heterocycles. The van der Waals surface area contributed by atoms with Gasteiger partial charge in [-0.25, -0.2) is 4.79 Å². The molecule has 0 aliphatic rings. The van der Waals surface area contributed by atoms with E-state index in [-0.39, 0.29) is 0 Å². The highest BCUT2D eigenvalue weighted by Crippen LogP contribution is 2.30. The summed E-state index contributed by atoms with van der Waals surface area (Å²) in [5, 5.41) is 5.48. The van der Waals surface area contributed by atoms with Crippen molar-refractivity contribution < 1.29 is 19.0 Å². The lowest BCUT2D eigenvalue weighted by atomic mass is 10.1. The van der Waals surface area contributed by atoms with Crippen LogP contribution < -0.4 is 9.47 Å². The zero-order chi connectivity index (χ0) is 18.0. The molecule has 0 aliphatic carbocycles. The van der Waals surface area contributed by atoms with E-state index in [0.29, 0.717) is 17.9 Å². The summed E-state index contributed by atoms with van der Waals surface area (Å²) in [5.74, 6) is 0.845. The summed E-state index contributed by atoms with van der Waals surface area (Å²) >= 11 is 2.16. The number of nitrogens with zero attached hydrogens (tertiary/aromatic N) is 2. The van der Waals surface area contributed by atoms with Crippen LogP contribution in [0.5, 0.6) is 11.5 Å². The van der Waals surface area contributed by atoms with Crippen LogP contribution in [-0.4, -0.2) is 37.1 Å². The van der Waals surface area contributed by atoms with E-state index < -0.39 is 5.97 Å². The van der Waals surface area contributed by atoms with Crippen LogP contribution in [0, 0.1) is 3.70 Å². The van der Waals surface area contributed by atoms with Crippen molar-refractivity contribution in [2.75, 3.05) is 21.3 Å². The Kier molecular flexibility index (Phi) is 5.12. The number of carbonyl (C=O) groups excluding carboxylic acids is 1. The van der Waals surface area contributed by atoms with Gasteiger partial charge in [0.25, 0.3) is 0 Å². The Balaban J connectivity index is 2.05. The van der Waals surface area contributed by atoms with E-state index in [0.717, 1.165) is 25.9 Å². The van der Waals surface area contributed by atoms with E-state index in [9.17, 15) is 4.79 Å². The number of methoxy groups -OCH3 is 3. The molecular formula is C18H17IN2O4. The van der Waals surface area contributed by atoms with Crippen LogP contribution in [0.15, 0.2) is 36.4 Å². The van der Waals surface area contributed by atoms with Crippen molar-refractivity contribution in [3.05, 3.63) is 51.2 Å². The third-order valence-electron chi connectivity index (χ3n) is 3.92. The van der Waals surface area contributed by atoms with Gasteiger partial charge in [0.05, 0.1) is 33.4 Å². The lowest BCUT2D eigenvalue weighted by molar-refractivity contribution is 0.0597. The Morgan fingerprint density at radius 1 is 1.12 bits per heavy atom. The van der Waals surface area contributed by atoms with Crippen molar-refractivity contribution in [2.24, 2.45) is 0 Å². The molecule has 0 aliphatic heterocycles. The number of rotatable bonds is 5. The van der Waals surface area contributed by atoms with E-state index in [1.807, 2.05) is 35.0 Å². The first kappa shape index (κ1) is 17.5. The zero-order valence-electron chi connectivity index (χ0n) is 14.1. The van der Waals surface area contributed by atoms with Gasteiger partial charge in [0.15, 0.2) is 0 Å². The van der Waals surface area contributed by atoms with Gasteiger partial charge in [-0.3, -0.25) is 4.68 Å². The van der Waals surface area contributed by atoms with Crippen LogP contribution in [0.1, 0.15) is 15.9 Å². The zero-order valence-corrected chi connectivity index (χ0v) is 16.2. The Labute approximate surface area is 158 Å². The second-order valence-corrected chi connectivity index (χ2v) is 6.38. The van der Waals surface area contributed by atoms with Crippen molar-refractivity contribution in [3.8, 4) is 11.5 Å². The fourth-order valence-corrected chi connectivity index (χ4v) is 3.32. The first-order valence-electron chi connectivity index (χ1n) is 7.52. The summed E-state index contributed by atoms with van der Waals surface area (Å²) in [5.41, 5.74) is 2.38. The van der Waals surface area contributed by atoms with Gasteiger partial charge in [0.2, 0.25) is 0 Å². The lowest BCUT2D eigenvalue weighted by Crippen LogP contribution is -2.05. The molecule has 6 nitrogen and oxygen atoms in total. The molecule has 3 rings (SSSR count). The van der Waals surface area contributed by atoms with E-state index in [2.05, 4.69) is 27.7 Å². The first-order valence-corrected chi connectivity index (χ1v) is 8.60. The second-order valence-electron chi connectivity index (χ2n) is 5.36. The molecule has 130 valence electrons. The summed E-state index contributed by atoms with van der Waals surface area (Å²) in [6, 6.07) is 11.4. The number of esters is 1. The summed E-state index contributed by atoms with van der Waals surface area (Å²) < 4.78 is 18.1. The molecule has 3 aromatic rings. The standard InChI is InChI=1S/C18H17IN2O4/c1-23-12-6-4-11(5-7-12)10-21-15-9-16(24-2)14(18(22)25-3)8-13(15)17(19)20-21/h4-9H,10H2,1-3H3. The Hall–Kier alpha value is -2.29. The number of hydrogen-bond acceptors (Lipinski definition) is 5. The molecule has 0 N–H and O–H groups in total. The number of fused-ring (bicyclic) bond motifs is 1. The third-order valence-corrected chi connectivity index (χ3v) is 4.72. The van der Waals surface area contributed by atoms with Gasteiger partial charge >= 0.3 is 5.97 Å². The van der Waals surface area contributed by atoms with Gasteiger partial charge < -0.3 is 14.2 Å². The van der Waals surface area contributed by atoms with Crippen molar-refractivity contribution in [1.29, 1.82) is 0 Å². The highest BCUT2D eigenvalue weighted by Gasteiger charge is 2.18. The molecule has 0 atom stereocenters. The number of aromatic nitrogens is 2. The fraction of sp³-hybridized carbons (Fsp3) is 0.222. The topological polar surface area (TPSA) is 62.6 Å². The average molecular weight is 452 g/mol. The average Bonchev–Trinajstić information content (AvgIpc) is 2.95. The van der Waals surface area contributed by atoms with E-state index in [1.54, 1.807) is 13.2 Å². The smallest absolute Gasteiger partial charge is 0.341 e. The van der Waals surface area contributed by atoms with E-state index in [1.165, 1.54) is 14.2 Å². The molecular weight excluding hydrogens is 435 g/mol. The molecule has 0 saturated carbocycles. The second kappa shape index (κ2) is 7.30. The Morgan fingerprint density at radius 2 is 1.84 bits per heavy atom. The summed E-state index contributed by atoms with van der Waals surface area (Å²) in [6.45, 7) is 0.601. The molecule has 0 spiro atoms. The quantitative estimate of drug-likeness (QED) is 0.438. The van der Waals surface area contributed by atoms with Gasteiger partial charge in [0.1, 0.15) is 20.8 Å². The number of carbonyl (C=O) groups is 1. The summed E-state index contributed by atoms with van der Waals surface area (Å²) in [7, 11) is 4.52. The Morgan fingerprint density at radius 3 is 2.44 bits per heavy atom. The molecule has 0 unspecified atom stereocenters. The van der Waals surface area contributed by atoms with Crippen LogP contribution in [0.3, 0.4) is 0 Å². The van der Waals surface area contributed by atoms with E-state index >= 15 is 0 Å². The maximum atomic E-state index is 12.0. The van der Waals surface area contributed by atoms with Gasteiger partial charge in [-0.05, 0) is 46.4 Å². The van der Waals surface area contributed by atoms with Gasteiger partial charge in [-0.1, -0.05) is 12.1 Å². The highest BCUT2D eigenvalue weighted by atomic mass is 127. The number of benzene rings is 2. The molecule has 1 heterocycles. The van der Waals surface area contributed by atoms with Gasteiger partial charge in [-0.2, -0.15) is 5.10 Å². The Bertz CT molecular complexity index is 919. The van der Waals surface area contributed by atoms with E-state index in [4.69, 9.17) is 14.2 Å². The maximum absolute atomic E-state index is 12.0. The van der Waals surface area contributed by atoms with Crippen LogP contribution in [0.2, 0.25) is 0 Å². The monoisotopic (exact) mass is 452 g/mol. The van der Waals surface area contributed by atoms with Gasteiger partial charge in [0, 0.05) is 11.5 Å². The van der Waals surface area contributed by atoms with Crippen molar-refractivity contribution in [3.63, 3.8) is 0 Å². The van der Waals surface area contributed by atoms with Crippen LogP contribution in [0.4, 0.5) is 0 Å². The predicted octanol–water partition coefficient (Wildman–Crippen LogP) is 3.49. The molecule has 25 heavy (non-hydrogen) atoms. The largest absolute Gasteiger partial charge is 0.497 e. The minimum Gasteiger partial charge on any atom is -0.497 e. The van der Waals surface area contributed by atoms with Crippen molar-refractivity contribution >= 4 is 39.5 Å². The van der Waals surface area contributed by atoms with Crippen molar-refractivity contribution in [1.82, 2.24) is 9.78 Å². The van der Waals surface area contributed by atoms with Crippen molar-refractivity contribution in [2.45, 2.75) is 6.54 Å². The minimum absolute atomic E-state index is 0.388. The normalized spacial score (nSPS) is 10.7. The molecule has 0 amide bonds. The highest BCUT2D eigenvalue weighted by molar-refractivity contribution is 14.1. The van der Waals surface area contributed by atoms with Crippen LogP contribution >= 0.6 is 22.6 Å².